The first kappa shape index (κ1) is 62.9. The van der Waals surface area contributed by atoms with Crippen molar-refractivity contribution in [3.8, 4) is 0 Å². The molecule has 1 aromatic carbocycles. The van der Waals surface area contributed by atoms with Gasteiger partial charge in [0.2, 0.25) is 0 Å². The zero-order valence-electron chi connectivity index (χ0n) is 41.4. The van der Waals surface area contributed by atoms with Gasteiger partial charge >= 0.3 is 5.97 Å². The summed E-state index contributed by atoms with van der Waals surface area (Å²) in [5.41, 5.74) is -0.533. The number of carbonyl (C=O) groups excluding carboxylic acids is 1. The summed E-state index contributed by atoms with van der Waals surface area (Å²) in [5.74, 6) is -0.142. The number of esters is 1. The quantitative estimate of drug-likeness (QED) is 0.0283. The molecule has 1 aromatic rings. The third-order valence-corrected chi connectivity index (χ3v) is 10.1. The molecule has 396 valence electrons. The van der Waals surface area contributed by atoms with Gasteiger partial charge in [-0.3, -0.25) is 25.0 Å². The second-order valence-corrected chi connectivity index (χ2v) is 15.8. The number of nitrogens with one attached hydrogen (secondary N) is 1. The first-order chi connectivity index (χ1) is 33.5. The van der Waals surface area contributed by atoms with Gasteiger partial charge in [0.25, 0.3) is 11.4 Å². The predicted molar refractivity (Wildman–Crippen MR) is 258 cm³/mol. The summed E-state index contributed by atoms with van der Waals surface area (Å²) in [4.78, 5) is 32.6. The van der Waals surface area contributed by atoms with E-state index in [1.165, 1.54) is 95.6 Å². The molecule has 0 aliphatic carbocycles. The number of nitro benzene ring substituents is 2. The standard InChI is InChI=1S/C48H87N3O17/c1-2-3-4-5-6-7-8-9-10-11-12-13-14-15-16-17-48(52)68-43-42-67-41-40-66-39-38-65-37-36-64-35-34-63-33-32-62-31-30-61-29-28-60-27-26-59-25-24-58-23-22-57-21-20-49-46-19-18-45(50(53)54)44-47(46)51(55)56/h18-19,44,49H,2-17,20-43H2,1H3. The van der Waals surface area contributed by atoms with Crippen molar-refractivity contribution in [1.29, 1.82) is 0 Å². The summed E-state index contributed by atoms with van der Waals surface area (Å²) < 4.78 is 65.6. The number of rotatable bonds is 55. The molecule has 20 nitrogen and oxygen atoms in total. The van der Waals surface area contributed by atoms with Crippen molar-refractivity contribution in [1.82, 2.24) is 0 Å². The molecule has 20 heteroatoms. The zero-order valence-corrected chi connectivity index (χ0v) is 41.4. The van der Waals surface area contributed by atoms with Crippen LogP contribution in [0.4, 0.5) is 17.1 Å². The fraction of sp³-hybridized carbons (Fsp3) is 0.854. The molecule has 0 heterocycles. The van der Waals surface area contributed by atoms with Gasteiger partial charge in [0.1, 0.15) is 12.3 Å². The fourth-order valence-electron chi connectivity index (χ4n) is 6.42. The minimum atomic E-state index is -0.681. The minimum Gasteiger partial charge on any atom is -0.463 e. The van der Waals surface area contributed by atoms with Crippen molar-refractivity contribution in [3.05, 3.63) is 38.4 Å². The fourth-order valence-corrected chi connectivity index (χ4v) is 6.42. The van der Waals surface area contributed by atoms with E-state index in [2.05, 4.69) is 12.2 Å². The lowest BCUT2D eigenvalue weighted by atomic mass is 10.0. The summed E-state index contributed by atoms with van der Waals surface area (Å²) in [5, 5.41) is 24.9. The predicted octanol–water partition coefficient (Wildman–Crippen LogP) is 7.90. The van der Waals surface area contributed by atoms with E-state index in [-0.39, 0.29) is 42.8 Å². The number of nitrogens with zero attached hydrogens (tertiary/aromatic N) is 2. The van der Waals surface area contributed by atoms with Crippen LogP contribution in [0.1, 0.15) is 110 Å². The molecule has 0 radical (unpaired) electrons. The maximum absolute atomic E-state index is 11.9. The van der Waals surface area contributed by atoms with Crippen LogP contribution in [-0.4, -0.2) is 174 Å². The molecule has 0 fully saturated rings. The Hall–Kier alpha value is -3.15. The molecule has 0 aliphatic rings. The van der Waals surface area contributed by atoms with Gasteiger partial charge in [0.15, 0.2) is 0 Å². The molecule has 0 aromatic heterocycles. The number of non-ortho nitro benzene ring substituents is 1. The van der Waals surface area contributed by atoms with Crippen LogP contribution in [0.15, 0.2) is 18.2 Å². The van der Waals surface area contributed by atoms with Crippen LogP contribution >= 0.6 is 0 Å². The highest BCUT2D eigenvalue weighted by Gasteiger charge is 2.19. The van der Waals surface area contributed by atoms with Crippen molar-refractivity contribution in [3.63, 3.8) is 0 Å². The van der Waals surface area contributed by atoms with E-state index >= 15 is 0 Å². The molecule has 0 unspecified atom stereocenters. The summed E-state index contributed by atoms with van der Waals surface area (Å²) in [6.45, 7) is 12.3. The largest absolute Gasteiger partial charge is 0.463 e. The SMILES string of the molecule is CCCCCCCCCCCCCCCCCC(=O)OCCOCCOCCOCCOCCOCCOCCOCCOCCOCCOCCOCCNc1ccc([N+](=O)[O-])cc1[N+](=O)[O-]. The van der Waals surface area contributed by atoms with Gasteiger partial charge < -0.3 is 62.2 Å². The van der Waals surface area contributed by atoms with Crippen molar-refractivity contribution in [2.75, 3.05) is 164 Å². The Kier molecular flexibility index (Phi) is 46.5. The van der Waals surface area contributed by atoms with Gasteiger partial charge in [0, 0.05) is 19.0 Å². The van der Waals surface area contributed by atoms with E-state index in [0.717, 1.165) is 18.9 Å². The molecule has 0 saturated heterocycles. The Labute approximate surface area is 405 Å². The summed E-state index contributed by atoms with van der Waals surface area (Å²) >= 11 is 0. The minimum absolute atomic E-state index is 0.142. The monoisotopic (exact) mass is 978 g/mol. The van der Waals surface area contributed by atoms with Gasteiger partial charge in [-0.15, -0.1) is 0 Å². The maximum atomic E-state index is 11.9. The van der Waals surface area contributed by atoms with E-state index in [0.29, 0.717) is 145 Å². The number of unbranched alkanes of at least 4 members (excludes halogenated alkanes) is 14. The highest BCUT2D eigenvalue weighted by Crippen LogP contribution is 2.28. The van der Waals surface area contributed by atoms with Crippen LogP contribution in [0.25, 0.3) is 0 Å². The smallest absolute Gasteiger partial charge is 0.305 e. The van der Waals surface area contributed by atoms with Gasteiger partial charge in [-0.2, -0.15) is 0 Å². The molecule has 1 rings (SSSR count). The Morgan fingerprint density at radius 2 is 0.735 bits per heavy atom. The van der Waals surface area contributed by atoms with E-state index in [9.17, 15) is 25.0 Å². The number of hydrogen-bond acceptors (Lipinski definition) is 18. The van der Waals surface area contributed by atoms with E-state index < -0.39 is 9.85 Å². The van der Waals surface area contributed by atoms with Crippen LogP contribution < -0.4 is 5.32 Å². The Balaban J connectivity index is 1.67. The molecule has 0 amide bonds. The normalized spacial score (nSPS) is 11.4. The molecule has 0 bridgehead atoms. The second-order valence-electron chi connectivity index (χ2n) is 15.8. The zero-order chi connectivity index (χ0) is 49.1. The number of ether oxygens (including phenoxy) is 12. The van der Waals surface area contributed by atoms with Crippen LogP contribution in [0, 0.1) is 20.2 Å². The number of carbonyl (C=O) groups is 1. The van der Waals surface area contributed by atoms with Gasteiger partial charge in [-0.05, 0) is 12.5 Å². The van der Waals surface area contributed by atoms with E-state index in [1.54, 1.807) is 0 Å². The van der Waals surface area contributed by atoms with E-state index in [4.69, 9.17) is 56.8 Å². The first-order valence-corrected chi connectivity index (χ1v) is 25.1. The summed E-state index contributed by atoms with van der Waals surface area (Å²) in [6.07, 6.45) is 20.1. The average Bonchev–Trinajstić information content (AvgIpc) is 3.33. The molecule has 0 spiro atoms. The molecular formula is C48H87N3O17. The average molecular weight is 978 g/mol. The molecule has 0 saturated carbocycles. The van der Waals surface area contributed by atoms with Gasteiger partial charge in [0.05, 0.1) is 161 Å². The van der Waals surface area contributed by atoms with Crippen molar-refractivity contribution >= 4 is 23.0 Å². The molecule has 1 N–H and O–H groups in total. The lowest BCUT2D eigenvalue weighted by Crippen LogP contribution is -2.16. The van der Waals surface area contributed by atoms with Crippen LogP contribution in [0.5, 0.6) is 0 Å². The van der Waals surface area contributed by atoms with Crippen molar-refractivity contribution in [2.45, 2.75) is 110 Å². The lowest BCUT2D eigenvalue weighted by molar-refractivity contribution is -0.393. The molecular weight excluding hydrogens is 891 g/mol. The number of nitro groups is 2. The van der Waals surface area contributed by atoms with Crippen molar-refractivity contribution in [2.24, 2.45) is 0 Å². The van der Waals surface area contributed by atoms with Crippen LogP contribution in [0.3, 0.4) is 0 Å². The van der Waals surface area contributed by atoms with Gasteiger partial charge in [-0.25, -0.2) is 0 Å². The number of anilines is 1. The molecule has 68 heavy (non-hydrogen) atoms. The van der Waals surface area contributed by atoms with Crippen LogP contribution in [-0.2, 0) is 61.6 Å². The summed E-state index contributed by atoms with van der Waals surface area (Å²) in [7, 11) is 0. The van der Waals surface area contributed by atoms with Crippen LogP contribution in [0.2, 0.25) is 0 Å². The maximum Gasteiger partial charge on any atom is 0.305 e. The molecule has 0 atom stereocenters. The third kappa shape index (κ3) is 42.9. The van der Waals surface area contributed by atoms with E-state index in [1.807, 2.05) is 0 Å². The Morgan fingerprint density at radius 1 is 0.426 bits per heavy atom. The molecule has 0 aliphatic heterocycles. The highest BCUT2D eigenvalue weighted by atomic mass is 16.6. The number of hydrogen-bond donors (Lipinski definition) is 1. The first-order valence-electron chi connectivity index (χ1n) is 25.1. The third-order valence-electron chi connectivity index (χ3n) is 10.1. The van der Waals surface area contributed by atoms with Crippen molar-refractivity contribution < 1.29 is 71.5 Å². The Morgan fingerprint density at radius 3 is 1.06 bits per heavy atom. The topological polar surface area (TPSA) is 226 Å². The highest BCUT2D eigenvalue weighted by molar-refractivity contribution is 5.69. The van der Waals surface area contributed by atoms with Gasteiger partial charge in [-0.1, -0.05) is 96.8 Å². The lowest BCUT2D eigenvalue weighted by Gasteiger charge is -2.09. The Bertz CT molecular complexity index is 1300. The summed E-state index contributed by atoms with van der Waals surface area (Å²) in [6, 6.07) is 3.43. The second kappa shape index (κ2) is 50.2. The number of benzene rings is 1.